The molecule has 0 saturated heterocycles. The second-order valence-electron chi connectivity index (χ2n) is 7.67. The van der Waals surface area contributed by atoms with Gasteiger partial charge in [0, 0.05) is 0 Å². The van der Waals surface area contributed by atoms with Gasteiger partial charge in [-0.15, -0.1) is 0 Å². The van der Waals surface area contributed by atoms with E-state index in [1.165, 1.54) is 17.0 Å². The topological polar surface area (TPSA) is 127 Å². The molecule has 0 unspecified atom stereocenters. The standard InChI is InChI=1S/C23H21FN8O/c1-3-14(28-20-18-19(27-11-26-18)30-23(25)31-20)21-29-15-9-6-8-13(24)17(15)22(33)32(21)16-10-5-4-7-12(16)2/h4-11,14H,3H2,1-2H3,(H4,25,26,27,28,30,31)/t14-/m1/s1. The quantitative estimate of drug-likeness (QED) is 0.378. The average molecular weight is 444 g/mol. The highest BCUT2D eigenvalue weighted by molar-refractivity contribution is 5.84. The summed E-state index contributed by atoms with van der Waals surface area (Å²) in [7, 11) is 0. The number of aromatic amines is 1. The molecule has 166 valence electrons. The summed E-state index contributed by atoms with van der Waals surface area (Å²) in [6, 6.07) is 11.4. The van der Waals surface area contributed by atoms with Crippen LogP contribution in [0.5, 0.6) is 0 Å². The van der Waals surface area contributed by atoms with Crippen LogP contribution in [0.25, 0.3) is 27.8 Å². The normalized spacial score (nSPS) is 12.3. The summed E-state index contributed by atoms with van der Waals surface area (Å²) >= 11 is 0. The number of anilines is 2. The van der Waals surface area contributed by atoms with Crippen LogP contribution in [0.4, 0.5) is 16.2 Å². The number of imidazole rings is 1. The Morgan fingerprint density at radius 1 is 1.15 bits per heavy atom. The van der Waals surface area contributed by atoms with E-state index in [1.807, 2.05) is 38.1 Å². The largest absolute Gasteiger partial charge is 0.368 e. The zero-order valence-electron chi connectivity index (χ0n) is 18.0. The van der Waals surface area contributed by atoms with E-state index < -0.39 is 17.4 Å². The molecule has 10 heteroatoms. The fraction of sp³-hybridized carbons (Fsp3) is 0.174. The van der Waals surface area contributed by atoms with Gasteiger partial charge in [0.2, 0.25) is 5.95 Å². The zero-order valence-corrected chi connectivity index (χ0v) is 18.0. The first kappa shape index (κ1) is 20.6. The van der Waals surface area contributed by atoms with E-state index in [2.05, 4.69) is 25.3 Å². The fourth-order valence-electron chi connectivity index (χ4n) is 3.96. The highest BCUT2D eigenvalue weighted by Gasteiger charge is 2.24. The van der Waals surface area contributed by atoms with Crippen molar-refractivity contribution in [2.24, 2.45) is 0 Å². The molecule has 9 nitrogen and oxygen atoms in total. The number of para-hydroxylation sites is 1. The molecule has 0 aliphatic heterocycles. The van der Waals surface area contributed by atoms with Crippen molar-refractivity contribution in [3.05, 3.63) is 76.4 Å². The Morgan fingerprint density at radius 2 is 1.97 bits per heavy atom. The number of benzene rings is 2. The molecular weight excluding hydrogens is 423 g/mol. The summed E-state index contributed by atoms with van der Waals surface area (Å²) < 4.78 is 16.1. The molecule has 0 radical (unpaired) electrons. The Balaban J connectivity index is 1.77. The summed E-state index contributed by atoms with van der Waals surface area (Å²) in [5.74, 6) is 0.307. The number of rotatable bonds is 5. The maximum atomic E-state index is 14.7. The van der Waals surface area contributed by atoms with Crippen molar-refractivity contribution in [3.8, 4) is 5.69 Å². The number of hydrogen-bond donors (Lipinski definition) is 3. The average Bonchev–Trinajstić information content (AvgIpc) is 3.26. The molecule has 0 aliphatic carbocycles. The van der Waals surface area contributed by atoms with Gasteiger partial charge < -0.3 is 16.0 Å². The number of aromatic nitrogens is 6. The summed E-state index contributed by atoms with van der Waals surface area (Å²) in [5, 5.41) is 3.27. The Bertz CT molecular complexity index is 1560. The SMILES string of the molecule is CC[C@@H](Nc1nc(N)nc2[nH]cnc12)c1nc2cccc(F)c2c(=O)n1-c1ccccc1C. The first-order valence-electron chi connectivity index (χ1n) is 10.5. The minimum atomic E-state index is -0.610. The number of nitrogen functional groups attached to an aromatic ring is 1. The summed E-state index contributed by atoms with van der Waals surface area (Å²) in [6.45, 7) is 3.85. The molecule has 0 amide bonds. The van der Waals surface area contributed by atoms with Crippen molar-refractivity contribution < 1.29 is 4.39 Å². The molecule has 0 fully saturated rings. The maximum absolute atomic E-state index is 14.7. The minimum Gasteiger partial charge on any atom is -0.368 e. The molecule has 5 rings (SSSR count). The first-order chi connectivity index (χ1) is 16.0. The molecule has 33 heavy (non-hydrogen) atoms. The van der Waals surface area contributed by atoms with Crippen LogP contribution in [-0.4, -0.2) is 29.5 Å². The number of nitrogens with two attached hydrogens (primary N) is 1. The predicted octanol–water partition coefficient (Wildman–Crippen LogP) is 3.64. The van der Waals surface area contributed by atoms with Gasteiger partial charge in [0.25, 0.3) is 5.56 Å². The molecule has 4 N–H and O–H groups in total. The molecule has 1 atom stereocenters. The Kier molecular flexibility index (Phi) is 4.97. The van der Waals surface area contributed by atoms with E-state index in [-0.39, 0.29) is 16.9 Å². The van der Waals surface area contributed by atoms with Gasteiger partial charge in [0.1, 0.15) is 22.5 Å². The van der Waals surface area contributed by atoms with E-state index in [4.69, 9.17) is 10.7 Å². The van der Waals surface area contributed by atoms with Crippen LogP contribution in [0.2, 0.25) is 0 Å². The van der Waals surface area contributed by atoms with Gasteiger partial charge in [0.15, 0.2) is 11.5 Å². The smallest absolute Gasteiger partial charge is 0.269 e. The monoisotopic (exact) mass is 444 g/mol. The molecule has 0 saturated carbocycles. The van der Waals surface area contributed by atoms with Gasteiger partial charge in [-0.1, -0.05) is 31.2 Å². The van der Waals surface area contributed by atoms with E-state index in [1.54, 1.807) is 12.1 Å². The van der Waals surface area contributed by atoms with E-state index in [0.717, 1.165) is 5.56 Å². The summed E-state index contributed by atoms with van der Waals surface area (Å²) in [6.07, 6.45) is 2.06. The number of hydrogen-bond acceptors (Lipinski definition) is 7. The fourth-order valence-corrected chi connectivity index (χ4v) is 3.96. The molecule has 3 heterocycles. The van der Waals surface area contributed by atoms with Crippen LogP contribution < -0.4 is 16.6 Å². The molecular formula is C23H21FN8O. The number of nitrogens with zero attached hydrogens (tertiary/aromatic N) is 5. The minimum absolute atomic E-state index is 0.0553. The van der Waals surface area contributed by atoms with Gasteiger partial charge in [-0.25, -0.2) is 14.4 Å². The van der Waals surface area contributed by atoms with Crippen LogP contribution in [0.1, 0.15) is 30.8 Å². The predicted molar refractivity (Wildman–Crippen MR) is 125 cm³/mol. The highest BCUT2D eigenvalue weighted by Crippen LogP contribution is 2.28. The molecule has 3 aromatic heterocycles. The maximum Gasteiger partial charge on any atom is 0.269 e. The van der Waals surface area contributed by atoms with Crippen LogP contribution in [-0.2, 0) is 0 Å². The van der Waals surface area contributed by atoms with Crippen molar-refractivity contribution in [1.82, 2.24) is 29.5 Å². The van der Waals surface area contributed by atoms with Gasteiger partial charge in [-0.3, -0.25) is 9.36 Å². The van der Waals surface area contributed by atoms with Crippen LogP contribution >= 0.6 is 0 Å². The lowest BCUT2D eigenvalue weighted by Crippen LogP contribution is -2.29. The Hall–Kier alpha value is -4.34. The molecule has 5 aromatic rings. The number of nitrogens with one attached hydrogen (secondary N) is 2. The molecule has 0 spiro atoms. The van der Waals surface area contributed by atoms with Crippen LogP contribution in [0.15, 0.2) is 53.6 Å². The highest BCUT2D eigenvalue weighted by atomic mass is 19.1. The number of H-pyrrole nitrogens is 1. The van der Waals surface area contributed by atoms with Crippen molar-refractivity contribution >= 4 is 33.8 Å². The number of fused-ring (bicyclic) bond motifs is 2. The summed E-state index contributed by atoms with van der Waals surface area (Å²) in [4.78, 5) is 34.0. The van der Waals surface area contributed by atoms with Gasteiger partial charge in [-0.2, -0.15) is 9.97 Å². The second kappa shape index (κ2) is 7.97. The lowest BCUT2D eigenvalue weighted by atomic mass is 10.1. The van der Waals surface area contributed by atoms with Crippen LogP contribution in [0, 0.1) is 12.7 Å². The van der Waals surface area contributed by atoms with E-state index in [0.29, 0.717) is 34.9 Å². The molecule has 2 aromatic carbocycles. The summed E-state index contributed by atoms with van der Waals surface area (Å²) in [5.41, 5.74) is 8.17. The van der Waals surface area contributed by atoms with Crippen molar-refractivity contribution in [1.29, 1.82) is 0 Å². The lowest BCUT2D eigenvalue weighted by molar-refractivity contribution is 0.630. The lowest BCUT2D eigenvalue weighted by Gasteiger charge is -2.23. The Labute approximate surface area is 187 Å². The number of halogens is 1. The third-order valence-corrected chi connectivity index (χ3v) is 5.56. The van der Waals surface area contributed by atoms with Crippen LogP contribution in [0.3, 0.4) is 0 Å². The second-order valence-corrected chi connectivity index (χ2v) is 7.67. The van der Waals surface area contributed by atoms with E-state index in [9.17, 15) is 9.18 Å². The molecule has 0 bridgehead atoms. The van der Waals surface area contributed by atoms with Crippen molar-refractivity contribution in [2.45, 2.75) is 26.3 Å². The van der Waals surface area contributed by atoms with Crippen molar-refractivity contribution in [2.75, 3.05) is 11.1 Å². The Morgan fingerprint density at radius 3 is 2.76 bits per heavy atom. The third kappa shape index (κ3) is 3.45. The van der Waals surface area contributed by atoms with Gasteiger partial charge in [-0.05, 0) is 37.1 Å². The first-order valence-corrected chi connectivity index (χ1v) is 10.5. The number of aryl methyl sites for hydroxylation is 1. The zero-order chi connectivity index (χ0) is 23.1. The van der Waals surface area contributed by atoms with E-state index >= 15 is 0 Å². The van der Waals surface area contributed by atoms with Gasteiger partial charge in [0.05, 0.1) is 23.6 Å². The van der Waals surface area contributed by atoms with Gasteiger partial charge >= 0.3 is 0 Å². The van der Waals surface area contributed by atoms with Crippen molar-refractivity contribution in [3.63, 3.8) is 0 Å². The third-order valence-electron chi connectivity index (χ3n) is 5.56. The molecule has 0 aliphatic rings.